The van der Waals surface area contributed by atoms with Crippen LogP contribution in [0.4, 0.5) is 0 Å². The van der Waals surface area contributed by atoms with Crippen LogP contribution in [-0.4, -0.2) is 28.1 Å². The summed E-state index contributed by atoms with van der Waals surface area (Å²) in [5.41, 5.74) is 1.69. The number of nitrogens with one attached hydrogen (secondary N) is 2. The molecule has 0 radical (unpaired) electrons. The molecule has 0 fully saturated rings. The van der Waals surface area contributed by atoms with E-state index >= 15 is 0 Å². The Morgan fingerprint density at radius 2 is 1.86 bits per heavy atom. The molecule has 0 aromatic heterocycles. The summed E-state index contributed by atoms with van der Waals surface area (Å²) in [6, 6.07) is 4.79. The standard InChI is InChI=1S/C13H16Cl2N2O2S.ClH/c14-12-5-11(6-13(15)7-12)9-20(18,19)17-8-10-1-3-16-4-2-10;/h1,5-7,16-17H,2-4,8-9H2;1H. The van der Waals surface area contributed by atoms with E-state index in [-0.39, 0.29) is 18.2 Å². The van der Waals surface area contributed by atoms with Crippen molar-refractivity contribution in [2.24, 2.45) is 0 Å². The Labute approximate surface area is 141 Å². The van der Waals surface area contributed by atoms with E-state index in [1.54, 1.807) is 18.2 Å². The van der Waals surface area contributed by atoms with Crippen LogP contribution < -0.4 is 10.0 Å². The maximum atomic E-state index is 12.0. The van der Waals surface area contributed by atoms with Crippen LogP contribution in [0.1, 0.15) is 12.0 Å². The molecule has 118 valence electrons. The van der Waals surface area contributed by atoms with Crippen LogP contribution in [0.25, 0.3) is 0 Å². The van der Waals surface area contributed by atoms with E-state index in [4.69, 9.17) is 23.2 Å². The zero-order chi connectivity index (χ0) is 14.6. The second-order valence-electron chi connectivity index (χ2n) is 4.67. The van der Waals surface area contributed by atoms with Crippen LogP contribution in [0, 0.1) is 0 Å². The highest BCUT2D eigenvalue weighted by molar-refractivity contribution is 7.88. The largest absolute Gasteiger partial charge is 0.313 e. The van der Waals surface area contributed by atoms with Gasteiger partial charge in [-0.25, -0.2) is 13.1 Å². The zero-order valence-corrected chi connectivity index (χ0v) is 14.4. The summed E-state index contributed by atoms with van der Waals surface area (Å²) in [5, 5.41) is 4.05. The molecular weight excluding hydrogens is 355 g/mol. The van der Waals surface area contributed by atoms with Gasteiger partial charge in [0, 0.05) is 23.1 Å². The third-order valence-electron chi connectivity index (χ3n) is 2.96. The highest BCUT2D eigenvalue weighted by atomic mass is 35.5. The lowest BCUT2D eigenvalue weighted by Crippen LogP contribution is -2.30. The third-order valence-corrected chi connectivity index (χ3v) is 4.69. The molecule has 1 aromatic carbocycles. The maximum Gasteiger partial charge on any atom is 0.216 e. The first kappa shape index (κ1) is 18.7. The minimum Gasteiger partial charge on any atom is -0.313 e. The van der Waals surface area contributed by atoms with Crippen LogP contribution in [0.5, 0.6) is 0 Å². The molecule has 8 heteroatoms. The molecule has 0 amide bonds. The number of sulfonamides is 1. The fraction of sp³-hybridized carbons (Fsp3) is 0.385. The average molecular weight is 372 g/mol. The van der Waals surface area contributed by atoms with Crippen molar-refractivity contribution in [3.63, 3.8) is 0 Å². The molecule has 2 rings (SSSR count). The Morgan fingerprint density at radius 3 is 2.43 bits per heavy atom. The number of benzene rings is 1. The second-order valence-corrected chi connectivity index (χ2v) is 7.35. The maximum absolute atomic E-state index is 12.0. The van der Waals surface area contributed by atoms with Crippen LogP contribution in [-0.2, 0) is 15.8 Å². The van der Waals surface area contributed by atoms with E-state index in [9.17, 15) is 8.42 Å². The first-order chi connectivity index (χ1) is 9.44. The summed E-state index contributed by atoms with van der Waals surface area (Å²) >= 11 is 11.7. The average Bonchev–Trinajstić information content (AvgIpc) is 2.36. The van der Waals surface area contributed by atoms with E-state index in [1.165, 1.54) is 0 Å². The molecule has 0 saturated heterocycles. The number of hydrogen-bond acceptors (Lipinski definition) is 3. The summed E-state index contributed by atoms with van der Waals surface area (Å²) in [4.78, 5) is 0. The van der Waals surface area contributed by atoms with Crippen molar-refractivity contribution < 1.29 is 8.42 Å². The van der Waals surface area contributed by atoms with Gasteiger partial charge in [0.25, 0.3) is 0 Å². The van der Waals surface area contributed by atoms with Gasteiger partial charge in [0.05, 0.1) is 5.75 Å². The first-order valence-corrected chi connectivity index (χ1v) is 8.66. The van der Waals surface area contributed by atoms with Gasteiger partial charge >= 0.3 is 0 Å². The molecule has 21 heavy (non-hydrogen) atoms. The minimum atomic E-state index is -3.40. The van der Waals surface area contributed by atoms with Gasteiger partial charge < -0.3 is 5.32 Å². The predicted molar refractivity (Wildman–Crippen MR) is 89.9 cm³/mol. The van der Waals surface area contributed by atoms with Gasteiger partial charge in [-0.2, -0.15) is 0 Å². The normalized spacial score (nSPS) is 15.2. The summed E-state index contributed by atoms with van der Waals surface area (Å²) in [6.07, 6.45) is 2.88. The molecule has 0 aliphatic carbocycles. The summed E-state index contributed by atoms with van der Waals surface area (Å²) in [5.74, 6) is -0.126. The molecule has 1 aromatic rings. The number of halogens is 3. The highest BCUT2D eigenvalue weighted by Gasteiger charge is 2.13. The minimum absolute atomic E-state index is 0. The molecule has 1 heterocycles. The Hall–Kier alpha value is -0.300. The van der Waals surface area contributed by atoms with E-state index < -0.39 is 10.0 Å². The Balaban J connectivity index is 0.00000220. The molecule has 1 aliphatic heterocycles. The molecule has 0 unspecified atom stereocenters. The van der Waals surface area contributed by atoms with Crippen LogP contribution in [0.2, 0.25) is 10.0 Å². The smallest absolute Gasteiger partial charge is 0.216 e. The van der Waals surface area contributed by atoms with Gasteiger partial charge in [0.15, 0.2) is 0 Å². The van der Waals surface area contributed by atoms with Gasteiger partial charge in [-0.3, -0.25) is 0 Å². The topological polar surface area (TPSA) is 58.2 Å². The van der Waals surface area contributed by atoms with E-state index in [0.29, 0.717) is 22.2 Å². The Bertz CT molecular complexity index is 598. The van der Waals surface area contributed by atoms with E-state index in [0.717, 1.165) is 25.1 Å². The van der Waals surface area contributed by atoms with Crippen LogP contribution >= 0.6 is 35.6 Å². The molecule has 4 nitrogen and oxygen atoms in total. The van der Waals surface area contributed by atoms with Crippen molar-refractivity contribution in [1.82, 2.24) is 10.0 Å². The van der Waals surface area contributed by atoms with Gasteiger partial charge in [-0.05, 0) is 36.7 Å². The first-order valence-electron chi connectivity index (χ1n) is 6.25. The molecule has 0 bridgehead atoms. The molecule has 0 spiro atoms. The molecule has 0 saturated carbocycles. The molecule has 2 N–H and O–H groups in total. The van der Waals surface area contributed by atoms with Crippen molar-refractivity contribution in [3.05, 3.63) is 45.5 Å². The fourth-order valence-corrected chi connectivity index (χ4v) is 3.68. The zero-order valence-electron chi connectivity index (χ0n) is 11.2. The van der Waals surface area contributed by atoms with Gasteiger partial charge in [-0.15, -0.1) is 12.4 Å². The van der Waals surface area contributed by atoms with Gasteiger partial charge in [-0.1, -0.05) is 34.9 Å². The van der Waals surface area contributed by atoms with E-state index in [1.807, 2.05) is 6.08 Å². The summed E-state index contributed by atoms with van der Waals surface area (Å²) in [7, 11) is -3.40. The quantitative estimate of drug-likeness (QED) is 0.783. The van der Waals surface area contributed by atoms with Gasteiger partial charge in [0.2, 0.25) is 10.0 Å². The van der Waals surface area contributed by atoms with Gasteiger partial charge in [0.1, 0.15) is 0 Å². The lowest BCUT2D eigenvalue weighted by molar-refractivity contribution is 0.581. The number of hydrogen-bond donors (Lipinski definition) is 2. The summed E-state index contributed by atoms with van der Waals surface area (Å²) in [6.45, 7) is 2.04. The van der Waals surface area contributed by atoms with Crippen molar-refractivity contribution in [1.29, 1.82) is 0 Å². The lowest BCUT2D eigenvalue weighted by Gasteiger charge is -2.14. The summed E-state index contributed by atoms with van der Waals surface area (Å²) < 4.78 is 26.7. The molecule has 0 atom stereocenters. The van der Waals surface area contributed by atoms with E-state index in [2.05, 4.69) is 10.0 Å². The Kier molecular flexibility index (Phi) is 7.47. The van der Waals surface area contributed by atoms with Crippen molar-refractivity contribution >= 4 is 45.6 Å². The van der Waals surface area contributed by atoms with Crippen molar-refractivity contribution in [2.75, 3.05) is 19.6 Å². The second kappa shape index (κ2) is 8.36. The van der Waals surface area contributed by atoms with Crippen molar-refractivity contribution in [3.8, 4) is 0 Å². The third kappa shape index (κ3) is 6.55. The van der Waals surface area contributed by atoms with Crippen LogP contribution in [0.15, 0.2) is 29.8 Å². The monoisotopic (exact) mass is 370 g/mol. The fourth-order valence-electron chi connectivity index (χ4n) is 2.00. The molecule has 1 aliphatic rings. The SMILES string of the molecule is Cl.O=S(=O)(Cc1cc(Cl)cc(Cl)c1)NCC1=CCNCC1. The highest BCUT2D eigenvalue weighted by Crippen LogP contribution is 2.20. The van der Waals surface area contributed by atoms with Crippen molar-refractivity contribution in [2.45, 2.75) is 12.2 Å². The number of rotatable bonds is 5. The lowest BCUT2D eigenvalue weighted by atomic mass is 10.1. The predicted octanol–water partition coefficient (Wildman–Crippen LogP) is 2.75. The Morgan fingerprint density at radius 1 is 1.19 bits per heavy atom. The molecular formula is C13H17Cl3N2O2S. The van der Waals surface area contributed by atoms with Crippen LogP contribution in [0.3, 0.4) is 0 Å².